The number of ether oxygens (including phenoxy) is 2. The molecule has 0 N–H and O–H groups in total. The van der Waals surface area contributed by atoms with Crippen LogP contribution in [-0.4, -0.2) is 43.3 Å². The summed E-state index contributed by atoms with van der Waals surface area (Å²) in [6.07, 6.45) is 1.59. The number of hydrogen-bond donors (Lipinski definition) is 0. The maximum Gasteiger partial charge on any atom is 0.338 e. The Morgan fingerprint density at radius 2 is 1.93 bits per heavy atom. The van der Waals surface area contributed by atoms with Crippen LogP contribution in [0.1, 0.15) is 31.2 Å². The van der Waals surface area contributed by atoms with Crippen molar-refractivity contribution in [3.63, 3.8) is 0 Å². The number of carbonyl (C=O) groups excluding carboxylic acids is 1. The molecule has 0 bridgehead atoms. The fourth-order valence-electron chi connectivity index (χ4n) is 4.77. The average Bonchev–Trinajstić information content (AvgIpc) is 3.56. The second-order valence-electron chi connectivity index (χ2n) is 9.63. The number of furan rings is 1. The molecule has 0 saturated heterocycles. The summed E-state index contributed by atoms with van der Waals surface area (Å²) in [4.78, 5) is 44.8. The number of aromatic nitrogens is 1. The summed E-state index contributed by atoms with van der Waals surface area (Å²) in [6.45, 7) is 3.64. The molecule has 0 amide bonds. The van der Waals surface area contributed by atoms with E-state index in [4.69, 9.17) is 13.9 Å². The number of nitrogens with zero attached hydrogens (tertiary/aromatic N) is 4. The van der Waals surface area contributed by atoms with Crippen LogP contribution in [0.3, 0.4) is 0 Å². The Kier molecular flexibility index (Phi) is 7.81. The minimum Gasteiger partial charge on any atom is -0.496 e. The van der Waals surface area contributed by atoms with Crippen molar-refractivity contribution in [3.8, 4) is 17.1 Å². The number of benzene rings is 2. The maximum absolute atomic E-state index is 13.9. The summed E-state index contributed by atoms with van der Waals surface area (Å²) >= 11 is 1.17. The molecule has 1 unspecified atom stereocenters. The molecule has 11 nitrogen and oxygen atoms in total. The second-order valence-corrected chi connectivity index (χ2v) is 10.6. The number of methoxy groups -OCH3 is 1. The van der Waals surface area contributed by atoms with Gasteiger partial charge in [-0.25, -0.2) is 9.79 Å². The summed E-state index contributed by atoms with van der Waals surface area (Å²) < 4.78 is 18.6. The van der Waals surface area contributed by atoms with Crippen molar-refractivity contribution in [2.75, 3.05) is 32.7 Å². The monoisotopic (exact) mass is 588 g/mol. The van der Waals surface area contributed by atoms with Crippen molar-refractivity contribution in [2.24, 2.45) is 4.99 Å². The molecule has 5 rings (SSSR count). The summed E-state index contributed by atoms with van der Waals surface area (Å²) in [5.74, 6) is 0.574. The molecular weight excluding hydrogens is 560 g/mol. The van der Waals surface area contributed by atoms with Gasteiger partial charge in [0.2, 0.25) is 0 Å². The van der Waals surface area contributed by atoms with E-state index in [1.807, 2.05) is 43.3 Å². The van der Waals surface area contributed by atoms with Crippen molar-refractivity contribution >= 4 is 34.8 Å². The number of fused-ring (bicyclic) bond motifs is 1. The number of hydrogen-bond acceptors (Lipinski definition) is 10. The van der Waals surface area contributed by atoms with Gasteiger partial charge in [-0.2, -0.15) is 0 Å². The number of allylic oxidation sites excluding steroid dienone is 1. The van der Waals surface area contributed by atoms with E-state index in [1.165, 1.54) is 41.2 Å². The van der Waals surface area contributed by atoms with Gasteiger partial charge in [-0.05, 0) is 49.7 Å². The number of nitro groups is 1. The Bertz CT molecular complexity index is 1900. The number of nitro benzene ring substituents is 1. The molecule has 1 aliphatic rings. The molecule has 0 saturated carbocycles. The van der Waals surface area contributed by atoms with Crippen LogP contribution in [0, 0.1) is 10.1 Å². The van der Waals surface area contributed by atoms with E-state index < -0.39 is 16.9 Å². The number of anilines is 1. The third kappa shape index (κ3) is 5.23. The van der Waals surface area contributed by atoms with Crippen molar-refractivity contribution in [1.29, 1.82) is 0 Å². The van der Waals surface area contributed by atoms with Crippen LogP contribution < -0.4 is 24.5 Å². The normalized spacial score (nSPS) is 14.8. The van der Waals surface area contributed by atoms with E-state index >= 15 is 0 Å². The van der Waals surface area contributed by atoms with E-state index in [9.17, 15) is 19.7 Å². The van der Waals surface area contributed by atoms with E-state index in [2.05, 4.69) is 4.99 Å². The molecule has 42 heavy (non-hydrogen) atoms. The molecule has 2 aromatic carbocycles. The predicted octanol–water partition coefficient (Wildman–Crippen LogP) is 4.04. The largest absolute Gasteiger partial charge is 0.496 e. The summed E-state index contributed by atoms with van der Waals surface area (Å²) in [5.41, 5.74) is 2.43. The van der Waals surface area contributed by atoms with E-state index in [0.717, 1.165) is 11.3 Å². The molecule has 0 aliphatic carbocycles. The molecule has 1 atom stereocenters. The third-order valence-electron chi connectivity index (χ3n) is 6.80. The lowest BCUT2D eigenvalue weighted by atomic mass is 9.95. The number of esters is 1. The fourth-order valence-corrected chi connectivity index (χ4v) is 5.79. The topological polar surface area (TPSA) is 129 Å². The van der Waals surface area contributed by atoms with Crippen molar-refractivity contribution in [1.82, 2.24) is 4.57 Å². The smallest absolute Gasteiger partial charge is 0.338 e. The van der Waals surface area contributed by atoms with Crippen molar-refractivity contribution < 1.29 is 23.6 Å². The second kappa shape index (κ2) is 11.5. The first kappa shape index (κ1) is 28.6. The van der Waals surface area contributed by atoms with Crippen molar-refractivity contribution in [2.45, 2.75) is 19.9 Å². The lowest BCUT2D eigenvalue weighted by Gasteiger charge is -2.25. The molecule has 4 aromatic rings. The number of thiazole rings is 1. The van der Waals surface area contributed by atoms with Gasteiger partial charge in [0.05, 0.1) is 46.0 Å². The van der Waals surface area contributed by atoms with Crippen LogP contribution >= 0.6 is 11.3 Å². The van der Waals surface area contributed by atoms with Gasteiger partial charge in [0.1, 0.15) is 17.3 Å². The zero-order chi connectivity index (χ0) is 30.1. The van der Waals surface area contributed by atoms with Gasteiger partial charge in [0.25, 0.3) is 11.2 Å². The fraction of sp³-hybridized carbons (Fsp3) is 0.233. The summed E-state index contributed by atoms with van der Waals surface area (Å²) in [5, 5.41) is 11.3. The predicted molar refractivity (Wildman–Crippen MR) is 159 cm³/mol. The van der Waals surface area contributed by atoms with E-state index in [1.54, 1.807) is 32.1 Å². The molecule has 216 valence electrons. The zero-order valence-corrected chi connectivity index (χ0v) is 24.4. The van der Waals surface area contributed by atoms with Crippen LogP contribution in [0.25, 0.3) is 17.4 Å². The Labute approximate surface area is 244 Å². The van der Waals surface area contributed by atoms with Crippen molar-refractivity contribution in [3.05, 3.63) is 107 Å². The Hall–Kier alpha value is -4.97. The molecule has 3 heterocycles. The van der Waals surface area contributed by atoms with Crippen LogP contribution in [0.15, 0.2) is 80.1 Å². The minimum atomic E-state index is -0.736. The van der Waals surface area contributed by atoms with Crippen LogP contribution in [0.2, 0.25) is 0 Å². The number of rotatable bonds is 8. The molecular formula is C30H28N4O7S. The summed E-state index contributed by atoms with van der Waals surface area (Å²) in [7, 11) is 5.33. The molecule has 0 spiro atoms. The highest BCUT2D eigenvalue weighted by Gasteiger charge is 2.33. The number of carbonyl (C=O) groups is 1. The Morgan fingerprint density at radius 1 is 1.19 bits per heavy atom. The van der Waals surface area contributed by atoms with Gasteiger partial charge >= 0.3 is 5.97 Å². The highest BCUT2D eigenvalue weighted by molar-refractivity contribution is 7.07. The minimum absolute atomic E-state index is 0.108. The zero-order valence-electron chi connectivity index (χ0n) is 23.6. The number of non-ortho nitro benzene ring substituents is 1. The SMILES string of the molecule is CCOC(=O)C1=C(C)N=c2sc(=Cc3ccc(-c4cc([N+](=O)[O-])ccc4OC)o3)c(=O)n2C1c1ccc(N(C)C)cc1. The standard InChI is InChI=1S/C30H28N4O7S/c1-6-40-29(36)26-17(2)31-30-33(27(26)18-7-9-19(10-8-18)32(3)4)28(35)25(42-30)16-21-12-14-24(41-21)22-15-20(34(37)38)11-13-23(22)39-5/h7-16,27H,6H2,1-5H3. The average molecular weight is 589 g/mol. The Balaban J connectivity index is 1.62. The molecule has 0 radical (unpaired) electrons. The molecule has 12 heteroatoms. The van der Waals surface area contributed by atoms with Gasteiger partial charge in [-0.3, -0.25) is 19.5 Å². The first-order valence-electron chi connectivity index (χ1n) is 13.0. The lowest BCUT2D eigenvalue weighted by Crippen LogP contribution is -2.39. The van der Waals surface area contributed by atoms with Crippen LogP contribution in [0.4, 0.5) is 11.4 Å². The van der Waals surface area contributed by atoms with Gasteiger partial charge in [-0.1, -0.05) is 23.5 Å². The van der Waals surface area contributed by atoms with Gasteiger partial charge in [0, 0.05) is 38.0 Å². The van der Waals surface area contributed by atoms with E-state index in [-0.39, 0.29) is 17.9 Å². The third-order valence-corrected chi connectivity index (χ3v) is 7.78. The van der Waals surface area contributed by atoms with E-state index in [0.29, 0.717) is 43.4 Å². The van der Waals surface area contributed by atoms with Crippen LogP contribution in [-0.2, 0) is 9.53 Å². The molecule has 1 aliphatic heterocycles. The molecule has 2 aromatic heterocycles. The Morgan fingerprint density at radius 3 is 2.57 bits per heavy atom. The van der Waals surface area contributed by atoms with Crippen LogP contribution in [0.5, 0.6) is 5.75 Å². The summed E-state index contributed by atoms with van der Waals surface area (Å²) in [6, 6.07) is 14.4. The van der Waals surface area contributed by atoms with Gasteiger partial charge < -0.3 is 18.8 Å². The lowest BCUT2D eigenvalue weighted by molar-refractivity contribution is -0.384. The first-order chi connectivity index (χ1) is 20.1. The maximum atomic E-state index is 13.9. The first-order valence-corrected chi connectivity index (χ1v) is 13.8. The van der Waals surface area contributed by atoms with Gasteiger partial charge in [0.15, 0.2) is 4.80 Å². The highest BCUT2D eigenvalue weighted by Crippen LogP contribution is 2.35. The quantitative estimate of drug-likeness (QED) is 0.171. The highest BCUT2D eigenvalue weighted by atomic mass is 32.1. The van der Waals surface area contributed by atoms with Gasteiger partial charge in [-0.15, -0.1) is 0 Å². The molecule has 0 fully saturated rings.